The molecule has 0 spiro atoms. The van der Waals surface area contributed by atoms with E-state index in [2.05, 4.69) is 32.9 Å². The van der Waals surface area contributed by atoms with Crippen LogP contribution in [0.5, 0.6) is 0 Å². The van der Waals surface area contributed by atoms with E-state index in [4.69, 9.17) is 9.47 Å². The van der Waals surface area contributed by atoms with Crippen molar-refractivity contribution in [1.82, 2.24) is 0 Å². The van der Waals surface area contributed by atoms with Crippen LogP contribution in [0.1, 0.15) is 52.0 Å². The Labute approximate surface area is 156 Å². The molecule has 3 rings (SSSR count). The molecule has 4 nitrogen and oxygen atoms in total. The second-order valence-corrected chi connectivity index (χ2v) is 8.66. The number of fused-ring (bicyclic) bond motifs is 1. The van der Waals surface area contributed by atoms with Crippen molar-refractivity contribution in [3.8, 4) is 0 Å². The Morgan fingerprint density at radius 2 is 1.85 bits per heavy atom. The Kier molecular flexibility index (Phi) is 5.25. The monoisotopic (exact) mass is 358 g/mol. The molecule has 2 aliphatic carbocycles. The average Bonchev–Trinajstić information content (AvgIpc) is 2.61. The van der Waals surface area contributed by atoms with Crippen molar-refractivity contribution in [3.05, 3.63) is 35.9 Å². The van der Waals surface area contributed by atoms with Crippen molar-refractivity contribution in [3.63, 3.8) is 0 Å². The molecule has 0 heterocycles. The van der Waals surface area contributed by atoms with E-state index >= 15 is 0 Å². The summed E-state index contributed by atoms with van der Waals surface area (Å²) in [6.45, 7) is 7.16. The van der Waals surface area contributed by atoms with Crippen LogP contribution in [-0.2, 0) is 25.7 Å². The minimum absolute atomic E-state index is 0.0371. The largest absolute Gasteiger partial charge is 0.468 e. The first kappa shape index (κ1) is 19.1. The van der Waals surface area contributed by atoms with Gasteiger partial charge >= 0.3 is 5.97 Å². The normalized spacial score (nSPS) is 33.4. The fourth-order valence-electron chi connectivity index (χ4n) is 5.50. The summed E-state index contributed by atoms with van der Waals surface area (Å²) in [5.41, 5.74) is 0.718. The summed E-state index contributed by atoms with van der Waals surface area (Å²) < 4.78 is 11.3. The molecule has 26 heavy (non-hydrogen) atoms. The highest BCUT2D eigenvalue weighted by atomic mass is 16.5. The Hall–Kier alpha value is -1.68. The van der Waals surface area contributed by atoms with E-state index in [0.717, 1.165) is 19.3 Å². The van der Waals surface area contributed by atoms with E-state index in [-0.39, 0.29) is 34.6 Å². The summed E-state index contributed by atoms with van der Waals surface area (Å²) in [4.78, 5) is 24.9. The molecule has 0 N–H and O–H groups in total. The molecule has 142 valence electrons. The lowest BCUT2D eigenvalue weighted by molar-refractivity contribution is -0.183. The highest BCUT2D eigenvalue weighted by Gasteiger charge is 2.60. The molecule has 0 aliphatic heterocycles. The third-order valence-corrected chi connectivity index (χ3v) is 6.86. The van der Waals surface area contributed by atoms with Crippen molar-refractivity contribution in [1.29, 1.82) is 0 Å². The molecule has 0 radical (unpaired) electrons. The van der Waals surface area contributed by atoms with Crippen LogP contribution in [0.3, 0.4) is 0 Å². The first-order chi connectivity index (χ1) is 12.3. The SMILES string of the molecule is COC(=O)[C@@H]1C(=O)CC[C@H]2C(C)(C)[C@@H](OCc3ccccc3)CC[C@]12C. The van der Waals surface area contributed by atoms with Crippen LogP contribution in [0.4, 0.5) is 0 Å². The maximum atomic E-state index is 12.5. The van der Waals surface area contributed by atoms with Crippen molar-refractivity contribution in [2.75, 3.05) is 7.11 Å². The maximum Gasteiger partial charge on any atom is 0.316 e. The van der Waals surface area contributed by atoms with E-state index in [0.29, 0.717) is 13.0 Å². The summed E-state index contributed by atoms with van der Waals surface area (Å²) >= 11 is 0. The minimum Gasteiger partial charge on any atom is -0.468 e. The number of ether oxygens (including phenoxy) is 2. The molecule has 0 aromatic heterocycles. The smallest absolute Gasteiger partial charge is 0.316 e. The molecule has 4 heteroatoms. The molecule has 0 amide bonds. The van der Waals surface area contributed by atoms with Gasteiger partial charge in [0.1, 0.15) is 11.7 Å². The number of carbonyl (C=O) groups is 2. The predicted molar refractivity (Wildman–Crippen MR) is 99.4 cm³/mol. The third kappa shape index (κ3) is 3.20. The highest BCUT2D eigenvalue weighted by molar-refractivity contribution is 6.00. The van der Waals surface area contributed by atoms with Gasteiger partial charge < -0.3 is 9.47 Å². The Morgan fingerprint density at radius 1 is 1.15 bits per heavy atom. The molecule has 0 unspecified atom stereocenters. The first-order valence-corrected chi connectivity index (χ1v) is 9.56. The summed E-state index contributed by atoms with van der Waals surface area (Å²) in [6, 6.07) is 10.2. The van der Waals surface area contributed by atoms with Gasteiger partial charge in [-0.25, -0.2) is 0 Å². The van der Waals surface area contributed by atoms with Gasteiger partial charge in [0, 0.05) is 6.42 Å². The lowest BCUT2D eigenvalue weighted by Crippen LogP contribution is -2.58. The highest BCUT2D eigenvalue weighted by Crippen LogP contribution is 2.59. The topological polar surface area (TPSA) is 52.6 Å². The molecular weight excluding hydrogens is 328 g/mol. The summed E-state index contributed by atoms with van der Waals surface area (Å²) in [5, 5.41) is 0. The minimum atomic E-state index is -0.638. The van der Waals surface area contributed by atoms with Crippen LogP contribution < -0.4 is 0 Å². The van der Waals surface area contributed by atoms with Crippen molar-refractivity contribution < 1.29 is 19.1 Å². The Bertz CT molecular complexity index is 658. The van der Waals surface area contributed by atoms with Crippen LogP contribution in [0, 0.1) is 22.7 Å². The molecule has 1 aromatic rings. The standard InChI is InChI=1S/C22H30O4/c1-21(2)17-11-10-16(23)19(20(24)25-4)22(17,3)13-12-18(21)26-14-15-8-6-5-7-9-15/h5-9,17-19H,10-14H2,1-4H3/t17-,18-,19-,22-/m0/s1. The van der Waals surface area contributed by atoms with Gasteiger partial charge in [0.15, 0.2) is 0 Å². The summed E-state index contributed by atoms with van der Waals surface area (Å²) in [5.74, 6) is -0.719. The van der Waals surface area contributed by atoms with Gasteiger partial charge in [-0.05, 0) is 41.6 Å². The van der Waals surface area contributed by atoms with E-state index in [1.165, 1.54) is 12.7 Å². The van der Waals surface area contributed by atoms with Gasteiger partial charge in [0.2, 0.25) is 0 Å². The number of methoxy groups -OCH3 is 1. The number of ketones is 1. The van der Waals surface area contributed by atoms with Crippen LogP contribution in [0.2, 0.25) is 0 Å². The quantitative estimate of drug-likeness (QED) is 0.599. The molecule has 0 saturated heterocycles. The number of hydrogen-bond donors (Lipinski definition) is 0. The fraction of sp³-hybridized carbons (Fsp3) is 0.636. The van der Waals surface area contributed by atoms with Crippen LogP contribution in [-0.4, -0.2) is 25.0 Å². The molecule has 4 atom stereocenters. The zero-order valence-corrected chi connectivity index (χ0v) is 16.3. The van der Waals surface area contributed by atoms with E-state index in [1.54, 1.807) is 0 Å². The van der Waals surface area contributed by atoms with Gasteiger partial charge in [0.25, 0.3) is 0 Å². The van der Waals surface area contributed by atoms with Gasteiger partial charge in [0.05, 0.1) is 19.8 Å². The van der Waals surface area contributed by atoms with Crippen molar-refractivity contribution in [2.24, 2.45) is 22.7 Å². The van der Waals surface area contributed by atoms with Crippen LogP contribution in [0.15, 0.2) is 30.3 Å². The Balaban J connectivity index is 1.80. The number of Topliss-reactive ketones (excluding diaryl/α,β-unsaturated/α-hetero) is 1. The Morgan fingerprint density at radius 3 is 2.50 bits per heavy atom. The zero-order chi connectivity index (χ0) is 18.9. The first-order valence-electron chi connectivity index (χ1n) is 9.56. The van der Waals surface area contributed by atoms with Crippen LogP contribution >= 0.6 is 0 Å². The lowest BCUT2D eigenvalue weighted by atomic mass is 9.47. The van der Waals surface area contributed by atoms with Crippen molar-refractivity contribution in [2.45, 2.75) is 59.2 Å². The number of benzene rings is 1. The second-order valence-electron chi connectivity index (χ2n) is 8.66. The molecular formula is C22H30O4. The van der Waals surface area contributed by atoms with Crippen molar-refractivity contribution >= 4 is 11.8 Å². The predicted octanol–water partition coefficient (Wildman–Crippen LogP) is 4.17. The molecule has 2 saturated carbocycles. The van der Waals surface area contributed by atoms with E-state index in [1.807, 2.05) is 18.2 Å². The third-order valence-electron chi connectivity index (χ3n) is 6.86. The second kappa shape index (κ2) is 7.15. The van der Waals surface area contributed by atoms with Gasteiger partial charge in [-0.2, -0.15) is 0 Å². The maximum absolute atomic E-state index is 12.5. The van der Waals surface area contributed by atoms with Gasteiger partial charge in [-0.15, -0.1) is 0 Å². The van der Waals surface area contributed by atoms with Gasteiger partial charge in [-0.1, -0.05) is 51.1 Å². The van der Waals surface area contributed by atoms with E-state index < -0.39 is 5.92 Å². The van der Waals surface area contributed by atoms with Crippen LogP contribution in [0.25, 0.3) is 0 Å². The number of hydrogen-bond acceptors (Lipinski definition) is 4. The number of esters is 1. The lowest BCUT2D eigenvalue weighted by Gasteiger charge is -2.58. The fourth-order valence-corrected chi connectivity index (χ4v) is 5.50. The average molecular weight is 358 g/mol. The molecule has 1 aromatic carbocycles. The zero-order valence-electron chi connectivity index (χ0n) is 16.3. The number of carbonyl (C=O) groups excluding carboxylic acids is 2. The number of rotatable bonds is 4. The van der Waals surface area contributed by atoms with E-state index in [9.17, 15) is 9.59 Å². The summed E-state index contributed by atoms with van der Waals surface area (Å²) in [7, 11) is 1.38. The molecule has 0 bridgehead atoms. The molecule has 2 fully saturated rings. The molecule has 2 aliphatic rings. The summed E-state index contributed by atoms with van der Waals surface area (Å²) in [6.07, 6.45) is 3.06. The van der Waals surface area contributed by atoms with Gasteiger partial charge in [-0.3, -0.25) is 9.59 Å².